The first-order chi connectivity index (χ1) is 9.10. The first kappa shape index (κ1) is 14.4. The van der Waals surface area contributed by atoms with Crippen molar-refractivity contribution in [1.82, 2.24) is 4.90 Å². The van der Waals surface area contributed by atoms with Crippen molar-refractivity contribution in [2.75, 3.05) is 26.2 Å². The molecule has 106 valence electrons. The third-order valence-electron chi connectivity index (χ3n) is 3.79. The van der Waals surface area contributed by atoms with Crippen molar-refractivity contribution in [2.24, 2.45) is 0 Å². The number of aliphatic hydroxyl groups excluding tert-OH is 1. The zero-order valence-electron chi connectivity index (χ0n) is 11.6. The first-order valence-corrected chi connectivity index (χ1v) is 6.87. The summed E-state index contributed by atoms with van der Waals surface area (Å²) in [6, 6.07) is 4.69. The Morgan fingerprint density at radius 3 is 3.00 bits per heavy atom. The Labute approximate surface area is 114 Å². The summed E-state index contributed by atoms with van der Waals surface area (Å²) in [4.78, 5) is 2.27. The van der Waals surface area contributed by atoms with Gasteiger partial charge in [-0.05, 0) is 36.7 Å². The second-order valence-corrected chi connectivity index (χ2v) is 5.14. The summed E-state index contributed by atoms with van der Waals surface area (Å²) in [5, 5.41) is 10.3. The standard InChI is InChI=1S/C15H22FNO2/c1-3-17-6-7-19-15(10-17)14(18)9-12-4-5-13(16)8-11(12)2/h4-5,8,14-15,18H,3,6-7,9-10H2,1-2H3. The molecule has 1 aliphatic heterocycles. The lowest BCUT2D eigenvalue weighted by atomic mass is 9.99. The minimum atomic E-state index is -0.543. The molecule has 3 nitrogen and oxygen atoms in total. The average Bonchev–Trinajstić information content (AvgIpc) is 2.42. The lowest BCUT2D eigenvalue weighted by Gasteiger charge is -2.34. The van der Waals surface area contributed by atoms with Crippen molar-refractivity contribution in [2.45, 2.75) is 32.5 Å². The fraction of sp³-hybridized carbons (Fsp3) is 0.600. The number of hydrogen-bond donors (Lipinski definition) is 1. The Morgan fingerprint density at radius 1 is 1.53 bits per heavy atom. The Hall–Kier alpha value is -0.970. The Kier molecular flexibility index (Phi) is 4.91. The Morgan fingerprint density at radius 2 is 2.32 bits per heavy atom. The van der Waals surface area contributed by atoms with Gasteiger partial charge in [0.05, 0.1) is 18.8 Å². The number of halogens is 1. The smallest absolute Gasteiger partial charge is 0.123 e. The van der Waals surface area contributed by atoms with Gasteiger partial charge in [-0.1, -0.05) is 13.0 Å². The maximum absolute atomic E-state index is 13.0. The van der Waals surface area contributed by atoms with Gasteiger partial charge in [-0.2, -0.15) is 0 Å². The summed E-state index contributed by atoms with van der Waals surface area (Å²) >= 11 is 0. The number of benzene rings is 1. The lowest BCUT2D eigenvalue weighted by Crippen LogP contribution is -2.48. The van der Waals surface area contributed by atoms with E-state index in [-0.39, 0.29) is 11.9 Å². The van der Waals surface area contributed by atoms with Crippen molar-refractivity contribution in [1.29, 1.82) is 0 Å². The molecule has 0 aromatic heterocycles. The Bertz CT molecular complexity index is 425. The molecule has 0 spiro atoms. The monoisotopic (exact) mass is 267 g/mol. The van der Waals surface area contributed by atoms with Crippen LogP contribution in [-0.4, -0.2) is 48.5 Å². The SMILES string of the molecule is CCN1CCOC(C(O)Cc2ccc(F)cc2C)C1. The van der Waals surface area contributed by atoms with Gasteiger partial charge in [-0.15, -0.1) is 0 Å². The average molecular weight is 267 g/mol. The predicted octanol–water partition coefficient (Wildman–Crippen LogP) is 1.76. The van der Waals surface area contributed by atoms with Crippen LogP contribution in [0.1, 0.15) is 18.1 Å². The topological polar surface area (TPSA) is 32.7 Å². The molecule has 1 aromatic carbocycles. The number of morpholine rings is 1. The van der Waals surface area contributed by atoms with Gasteiger partial charge in [0.25, 0.3) is 0 Å². The van der Waals surface area contributed by atoms with Crippen molar-refractivity contribution < 1.29 is 14.2 Å². The molecule has 2 rings (SSSR count). The molecule has 1 aromatic rings. The van der Waals surface area contributed by atoms with E-state index in [1.54, 1.807) is 6.07 Å². The Balaban J connectivity index is 1.98. The third-order valence-corrected chi connectivity index (χ3v) is 3.79. The molecule has 2 atom stereocenters. The molecule has 0 aliphatic carbocycles. The second-order valence-electron chi connectivity index (χ2n) is 5.14. The maximum Gasteiger partial charge on any atom is 0.123 e. The maximum atomic E-state index is 13.0. The van der Waals surface area contributed by atoms with Crippen LogP contribution >= 0.6 is 0 Å². The van der Waals surface area contributed by atoms with E-state index in [2.05, 4.69) is 11.8 Å². The van der Waals surface area contributed by atoms with Crippen molar-refractivity contribution in [3.63, 3.8) is 0 Å². The van der Waals surface area contributed by atoms with Gasteiger partial charge in [0.15, 0.2) is 0 Å². The summed E-state index contributed by atoms with van der Waals surface area (Å²) < 4.78 is 18.7. The minimum Gasteiger partial charge on any atom is -0.390 e. The molecule has 1 aliphatic rings. The van der Waals surface area contributed by atoms with Gasteiger partial charge in [0.1, 0.15) is 5.82 Å². The molecule has 1 heterocycles. The van der Waals surface area contributed by atoms with E-state index in [0.717, 1.165) is 30.8 Å². The number of aliphatic hydroxyl groups is 1. The molecular weight excluding hydrogens is 245 g/mol. The van der Waals surface area contributed by atoms with Crippen LogP contribution < -0.4 is 0 Å². The number of likely N-dealkylation sites (N-methyl/N-ethyl adjacent to an activating group) is 1. The van der Waals surface area contributed by atoms with Gasteiger partial charge >= 0.3 is 0 Å². The largest absolute Gasteiger partial charge is 0.390 e. The summed E-state index contributed by atoms with van der Waals surface area (Å²) in [6.07, 6.45) is -0.189. The minimum absolute atomic E-state index is 0.154. The number of nitrogens with zero attached hydrogens (tertiary/aromatic N) is 1. The van der Waals surface area contributed by atoms with Crippen LogP contribution in [0.15, 0.2) is 18.2 Å². The van der Waals surface area contributed by atoms with Gasteiger partial charge in [0, 0.05) is 19.5 Å². The molecule has 19 heavy (non-hydrogen) atoms. The summed E-state index contributed by atoms with van der Waals surface area (Å²) in [7, 11) is 0. The zero-order valence-corrected chi connectivity index (χ0v) is 11.6. The van der Waals surface area contributed by atoms with E-state index in [1.165, 1.54) is 12.1 Å². The van der Waals surface area contributed by atoms with E-state index in [9.17, 15) is 9.50 Å². The molecule has 0 amide bonds. The quantitative estimate of drug-likeness (QED) is 0.902. The molecule has 0 bridgehead atoms. The van der Waals surface area contributed by atoms with Crippen LogP contribution in [0.3, 0.4) is 0 Å². The van der Waals surface area contributed by atoms with Crippen molar-refractivity contribution >= 4 is 0 Å². The molecular formula is C15H22FNO2. The fourth-order valence-corrected chi connectivity index (χ4v) is 2.50. The van der Waals surface area contributed by atoms with E-state index >= 15 is 0 Å². The molecule has 1 saturated heterocycles. The van der Waals surface area contributed by atoms with Crippen LogP contribution in [0.2, 0.25) is 0 Å². The predicted molar refractivity (Wildman–Crippen MR) is 72.7 cm³/mol. The highest BCUT2D eigenvalue weighted by Gasteiger charge is 2.26. The fourth-order valence-electron chi connectivity index (χ4n) is 2.50. The third kappa shape index (κ3) is 3.75. The number of rotatable bonds is 4. The van der Waals surface area contributed by atoms with Crippen LogP contribution in [-0.2, 0) is 11.2 Å². The summed E-state index contributed by atoms with van der Waals surface area (Å²) in [5.74, 6) is -0.234. The highest BCUT2D eigenvalue weighted by atomic mass is 19.1. The van der Waals surface area contributed by atoms with E-state index < -0.39 is 6.10 Å². The lowest BCUT2D eigenvalue weighted by molar-refractivity contribution is -0.0867. The highest BCUT2D eigenvalue weighted by molar-refractivity contribution is 5.27. The van der Waals surface area contributed by atoms with Gasteiger partial charge < -0.3 is 9.84 Å². The number of hydrogen-bond acceptors (Lipinski definition) is 3. The second kappa shape index (κ2) is 6.46. The molecule has 0 radical (unpaired) electrons. The summed E-state index contributed by atoms with van der Waals surface area (Å²) in [5.41, 5.74) is 1.85. The van der Waals surface area contributed by atoms with Crippen molar-refractivity contribution in [3.8, 4) is 0 Å². The van der Waals surface area contributed by atoms with Crippen molar-refractivity contribution in [3.05, 3.63) is 35.1 Å². The first-order valence-electron chi connectivity index (χ1n) is 6.87. The van der Waals surface area contributed by atoms with Gasteiger partial charge in [-0.25, -0.2) is 4.39 Å². The zero-order chi connectivity index (χ0) is 13.8. The summed E-state index contributed by atoms with van der Waals surface area (Å²) in [6.45, 7) is 7.30. The number of ether oxygens (including phenoxy) is 1. The highest BCUT2D eigenvalue weighted by Crippen LogP contribution is 2.16. The molecule has 1 fully saturated rings. The van der Waals surface area contributed by atoms with E-state index in [0.29, 0.717) is 13.0 Å². The van der Waals surface area contributed by atoms with Crippen LogP contribution in [0.5, 0.6) is 0 Å². The van der Waals surface area contributed by atoms with Crippen LogP contribution in [0, 0.1) is 12.7 Å². The molecule has 4 heteroatoms. The van der Waals surface area contributed by atoms with Gasteiger partial charge in [-0.3, -0.25) is 4.90 Å². The number of aryl methyl sites for hydroxylation is 1. The molecule has 0 saturated carbocycles. The van der Waals surface area contributed by atoms with E-state index in [1.807, 2.05) is 6.92 Å². The molecule has 1 N–H and O–H groups in total. The normalized spacial score (nSPS) is 22.4. The van der Waals surface area contributed by atoms with Crippen LogP contribution in [0.25, 0.3) is 0 Å². The van der Waals surface area contributed by atoms with E-state index in [4.69, 9.17) is 4.74 Å². The van der Waals surface area contributed by atoms with Gasteiger partial charge in [0.2, 0.25) is 0 Å². The molecule has 2 unspecified atom stereocenters. The van der Waals surface area contributed by atoms with Crippen LogP contribution in [0.4, 0.5) is 4.39 Å².